The number of anilines is 1. The predicted octanol–water partition coefficient (Wildman–Crippen LogP) is 3.03. The van der Waals surface area contributed by atoms with Crippen LogP contribution in [-0.4, -0.2) is 21.1 Å². The lowest BCUT2D eigenvalue weighted by Crippen LogP contribution is -2.12. The molecule has 5 nitrogen and oxygen atoms in total. The van der Waals surface area contributed by atoms with Gasteiger partial charge in [-0.3, -0.25) is 9.89 Å². The summed E-state index contributed by atoms with van der Waals surface area (Å²) in [5, 5.41) is 9.46. The lowest BCUT2D eigenvalue weighted by atomic mass is 10.1. The second kappa shape index (κ2) is 5.58. The van der Waals surface area contributed by atoms with Crippen LogP contribution in [0.25, 0.3) is 11.1 Å². The first-order chi connectivity index (χ1) is 10.2. The fourth-order valence-electron chi connectivity index (χ4n) is 2.02. The normalized spacial score (nSPS) is 10.3. The summed E-state index contributed by atoms with van der Waals surface area (Å²) in [7, 11) is 0. The molecule has 0 spiro atoms. The number of carbonyl (C=O) groups is 1. The molecule has 1 amide bonds. The number of aryl methyl sites for hydroxylation is 1. The molecule has 0 bridgehead atoms. The van der Waals surface area contributed by atoms with Crippen molar-refractivity contribution in [3.8, 4) is 11.1 Å². The third-order valence-electron chi connectivity index (χ3n) is 3.14. The second-order valence-electron chi connectivity index (χ2n) is 4.74. The first-order valence-corrected chi connectivity index (χ1v) is 6.55. The van der Waals surface area contributed by atoms with Crippen molar-refractivity contribution in [2.75, 3.05) is 5.32 Å². The molecule has 3 rings (SSSR count). The van der Waals surface area contributed by atoms with Crippen molar-refractivity contribution in [2.24, 2.45) is 0 Å². The summed E-state index contributed by atoms with van der Waals surface area (Å²) >= 11 is 0. The Kier molecular flexibility index (Phi) is 3.47. The average Bonchev–Trinajstić information content (AvgIpc) is 3.01. The number of amides is 1. The van der Waals surface area contributed by atoms with E-state index < -0.39 is 0 Å². The van der Waals surface area contributed by atoms with Crippen LogP contribution in [0.2, 0.25) is 0 Å². The molecule has 1 aromatic carbocycles. The molecule has 0 radical (unpaired) electrons. The maximum atomic E-state index is 12.2. The maximum absolute atomic E-state index is 12.2. The Bertz CT molecular complexity index is 748. The third kappa shape index (κ3) is 2.97. The van der Waals surface area contributed by atoms with Crippen molar-refractivity contribution in [3.05, 3.63) is 66.1 Å². The molecule has 2 heterocycles. The Hall–Kier alpha value is -2.95. The van der Waals surface area contributed by atoms with E-state index in [9.17, 15) is 4.79 Å². The minimum atomic E-state index is -0.174. The van der Waals surface area contributed by atoms with Crippen LogP contribution in [0.3, 0.4) is 0 Å². The molecule has 0 saturated carbocycles. The number of hydrogen-bond acceptors (Lipinski definition) is 3. The number of aromatic nitrogens is 3. The summed E-state index contributed by atoms with van der Waals surface area (Å²) in [5.74, 6) is 0.380. The summed E-state index contributed by atoms with van der Waals surface area (Å²) in [6.07, 6.45) is 5.23. The van der Waals surface area contributed by atoms with E-state index in [1.54, 1.807) is 24.5 Å². The molecule has 0 aliphatic rings. The summed E-state index contributed by atoms with van der Waals surface area (Å²) in [5.41, 5.74) is 3.64. The number of benzene rings is 1. The average molecular weight is 278 g/mol. The van der Waals surface area contributed by atoms with E-state index in [1.807, 2.05) is 37.4 Å². The third-order valence-corrected chi connectivity index (χ3v) is 3.14. The minimum Gasteiger partial charge on any atom is -0.307 e. The van der Waals surface area contributed by atoms with Gasteiger partial charge >= 0.3 is 0 Å². The van der Waals surface area contributed by atoms with E-state index in [0.29, 0.717) is 11.4 Å². The highest BCUT2D eigenvalue weighted by molar-refractivity contribution is 6.04. The summed E-state index contributed by atoms with van der Waals surface area (Å²) in [6, 6.07) is 11.1. The van der Waals surface area contributed by atoms with Gasteiger partial charge in [0, 0.05) is 23.5 Å². The van der Waals surface area contributed by atoms with Gasteiger partial charge in [0.1, 0.15) is 5.82 Å². The highest BCUT2D eigenvalue weighted by Crippen LogP contribution is 2.18. The zero-order valence-electron chi connectivity index (χ0n) is 11.5. The molecule has 2 N–H and O–H groups in total. The molecular weight excluding hydrogens is 264 g/mol. The maximum Gasteiger partial charge on any atom is 0.256 e. The topological polar surface area (TPSA) is 70.7 Å². The quantitative estimate of drug-likeness (QED) is 0.773. The molecule has 0 atom stereocenters. The summed E-state index contributed by atoms with van der Waals surface area (Å²) in [6.45, 7) is 1.96. The molecule has 104 valence electrons. The van der Waals surface area contributed by atoms with Crippen molar-refractivity contribution in [2.45, 2.75) is 6.92 Å². The van der Waals surface area contributed by atoms with Gasteiger partial charge in [-0.15, -0.1) is 0 Å². The van der Waals surface area contributed by atoms with Gasteiger partial charge in [-0.05, 0) is 42.3 Å². The van der Waals surface area contributed by atoms with Crippen LogP contribution in [0.15, 0.2) is 55.0 Å². The van der Waals surface area contributed by atoms with E-state index >= 15 is 0 Å². The van der Waals surface area contributed by atoms with E-state index in [4.69, 9.17) is 0 Å². The number of carbonyl (C=O) groups excluding carboxylic acids is 1. The Morgan fingerprint density at radius 3 is 2.62 bits per heavy atom. The van der Waals surface area contributed by atoms with Gasteiger partial charge in [-0.25, -0.2) is 4.98 Å². The monoisotopic (exact) mass is 278 g/mol. The summed E-state index contributed by atoms with van der Waals surface area (Å²) < 4.78 is 0. The largest absolute Gasteiger partial charge is 0.307 e. The number of nitrogens with one attached hydrogen (secondary N) is 2. The molecule has 21 heavy (non-hydrogen) atoms. The van der Waals surface area contributed by atoms with Gasteiger partial charge in [-0.1, -0.05) is 12.1 Å². The molecule has 0 aliphatic heterocycles. The van der Waals surface area contributed by atoms with Gasteiger partial charge in [0.2, 0.25) is 0 Å². The van der Waals surface area contributed by atoms with Gasteiger partial charge in [0.05, 0.1) is 6.20 Å². The zero-order chi connectivity index (χ0) is 14.7. The molecule has 0 aliphatic carbocycles. The van der Waals surface area contributed by atoms with E-state index in [-0.39, 0.29) is 5.91 Å². The highest BCUT2D eigenvalue weighted by atomic mass is 16.1. The fraction of sp³-hybridized carbons (Fsp3) is 0.0625. The lowest BCUT2D eigenvalue weighted by Gasteiger charge is -2.05. The van der Waals surface area contributed by atoms with Crippen molar-refractivity contribution in [1.29, 1.82) is 0 Å². The SMILES string of the molecule is Cc1ccnc(NC(=O)c2ccc(-c3cn[nH]c3)cc2)c1. The van der Waals surface area contributed by atoms with Gasteiger partial charge in [-0.2, -0.15) is 5.10 Å². The lowest BCUT2D eigenvalue weighted by molar-refractivity contribution is 0.102. The number of hydrogen-bond donors (Lipinski definition) is 2. The fourth-order valence-corrected chi connectivity index (χ4v) is 2.02. The summed E-state index contributed by atoms with van der Waals surface area (Å²) in [4.78, 5) is 16.3. The zero-order valence-corrected chi connectivity index (χ0v) is 11.5. The van der Waals surface area contributed by atoms with Gasteiger partial charge in [0.25, 0.3) is 5.91 Å². The molecular formula is C16H14N4O. The van der Waals surface area contributed by atoms with Crippen LogP contribution >= 0.6 is 0 Å². The first kappa shape index (κ1) is 13.1. The molecule has 0 saturated heterocycles. The van der Waals surface area contributed by atoms with E-state index in [2.05, 4.69) is 20.5 Å². The Labute approximate surface area is 122 Å². The van der Waals surface area contributed by atoms with Crippen LogP contribution in [0.1, 0.15) is 15.9 Å². The molecule has 0 unspecified atom stereocenters. The van der Waals surface area contributed by atoms with Crippen LogP contribution in [0, 0.1) is 6.92 Å². The highest BCUT2D eigenvalue weighted by Gasteiger charge is 2.07. The van der Waals surface area contributed by atoms with E-state index in [1.165, 1.54) is 0 Å². The Morgan fingerprint density at radius 1 is 1.14 bits per heavy atom. The van der Waals surface area contributed by atoms with Crippen LogP contribution in [0.4, 0.5) is 5.82 Å². The van der Waals surface area contributed by atoms with Crippen molar-refractivity contribution in [1.82, 2.24) is 15.2 Å². The smallest absolute Gasteiger partial charge is 0.256 e. The van der Waals surface area contributed by atoms with Crippen LogP contribution in [-0.2, 0) is 0 Å². The van der Waals surface area contributed by atoms with Crippen molar-refractivity contribution < 1.29 is 4.79 Å². The second-order valence-corrected chi connectivity index (χ2v) is 4.74. The molecule has 2 aromatic heterocycles. The first-order valence-electron chi connectivity index (χ1n) is 6.55. The van der Waals surface area contributed by atoms with E-state index in [0.717, 1.165) is 16.7 Å². The van der Waals surface area contributed by atoms with Crippen molar-refractivity contribution in [3.63, 3.8) is 0 Å². The van der Waals surface area contributed by atoms with Crippen molar-refractivity contribution >= 4 is 11.7 Å². The van der Waals surface area contributed by atoms with Gasteiger partial charge < -0.3 is 5.32 Å². The Balaban J connectivity index is 1.76. The number of aromatic amines is 1. The predicted molar refractivity (Wildman–Crippen MR) is 81.0 cm³/mol. The molecule has 5 heteroatoms. The minimum absolute atomic E-state index is 0.174. The Morgan fingerprint density at radius 2 is 1.95 bits per heavy atom. The van der Waals surface area contributed by atoms with Crippen LogP contribution in [0.5, 0.6) is 0 Å². The molecule has 0 fully saturated rings. The molecule has 3 aromatic rings. The van der Waals surface area contributed by atoms with Crippen LogP contribution < -0.4 is 5.32 Å². The number of nitrogens with zero attached hydrogens (tertiary/aromatic N) is 2. The standard InChI is InChI=1S/C16H14N4O/c1-11-6-7-17-15(8-11)20-16(21)13-4-2-12(3-5-13)14-9-18-19-10-14/h2-10H,1H3,(H,18,19)(H,17,20,21). The van der Waals surface area contributed by atoms with Gasteiger partial charge in [0.15, 0.2) is 0 Å². The number of pyridine rings is 1. The number of rotatable bonds is 3. The number of H-pyrrole nitrogens is 1.